The van der Waals surface area contributed by atoms with Gasteiger partial charge < -0.3 is 0 Å². The molecule has 2 heterocycles. The van der Waals surface area contributed by atoms with Crippen molar-refractivity contribution >= 4 is 12.4 Å². The van der Waals surface area contributed by atoms with Crippen LogP contribution in [0.4, 0.5) is 0 Å². The molecule has 0 aliphatic rings. The Hall–Kier alpha value is -4.11. The summed E-state index contributed by atoms with van der Waals surface area (Å²) in [7, 11) is 0. The van der Waals surface area contributed by atoms with Gasteiger partial charge >= 0.3 is 0 Å². The predicted molar refractivity (Wildman–Crippen MR) is 150 cm³/mol. The summed E-state index contributed by atoms with van der Waals surface area (Å²) in [6.45, 7) is 10.0. The van der Waals surface area contributed by atoms with Gasteiger partial charge in [0.1, 0.15) is 6.29 Å². The largest absolute Gasteiger partial charge is 0.298 e. The van der Waals surface area contributed by atoms with E-state index in [2.05, 4.69) is 73.3 Å². The minimum Gasteiger partial charge on any atom is -0.298 e. The van der Waals surface area contributed by atoms with E-state index >= 15 is 0 Å². The molecule has 0 unspecified atom stereocenters. The minimum atomic E-state index is 0.705. The first-order valence-electron chi connectivity index (χ1n) is 11.6. The number of aromatic nitrogens is 2. The molecule has 0 aromatic carbocycles. The molecular formula is C32H34N2O. The Bertz CT molecular complexity index is 1250. The topological polar surface area (TPSA) is 42.9 Å². The summed E-state index contributed by atoms with van der Waals surface area (Å²) in [6, 6.07) is 8.07. The highest BCUT2D eigenvalue weighted by Crippen LogP contribution is 2.17. The van der Waals surface area contributed by atoms with Crippen molar-refractivity contribution in [2.24, 2.45) is 0 Å². The lowest BCUT2D eigenvalue weighted by Gasteiger charge is -2.02. The van der Waals surface area contributed by atoms with Gasteiger partial charge in [-0.15, -0.1) is 0 Å². The Labute approximate surface area is 210 Å². The maximum absolute atomic E-state index is 10.6. The monoisotopic (exact) mass is 462 g/mol. The average Bonchev–Trinajstić information content (AvgIpc) is 2.85. The van der Waals surface area contributed by atoms with Gasteiger partial charge in [-0.3, -0.25) is 14.8 Å². The zero-order valence-corrected chi connectivity index (χ0v) is 21.3. The smallest absolute Gasteiger partial charge is 0.145 e. The number of hydrogen-bond acceptors (Lipinski definition) is 3. The molecule has 0 atom stereocenters. The van der Waals surface area contributed by atoms with Crippen molar-refractivity contribution in [3.63, 3.8) is 0 Å². The molecule has 0 radical (unpaired) electrons. The van der Waals surface area contributed by atoms with Gasteiger partial charge in [-0.25, -0.2) is 0 Å². The molecule has 0 fully saturated rings. The maximum atomic E-state index is 10.6. The zero-order chi connectivity index (χ0) is 25.5. The van der Waals surface area contributed by atoms with Crippen LogP contribution in [0.1, 0.15) is 38.8 Å². The summed E-state index contributed by atoms with van der Waals surface area (Å²) in [4.78, 5) is 19.5. The van der Waals surface area contributed by atoms with Crippen molar-refractivity contribution in [1.82, 2.24) is 9.97 Å². The number of nitrogens with zero attached hydrogens (tertiary/aromatic N) is 2. The van der Waals surface area contributed by atoms with Crippen LogP contribution in [0.5, 0.6) is 0 Å². The van der Waals surface area contributed by atoms with E-state index in [1.54, 1.807) is 13.0 Å². The van der Waals surface area contributed by atoms with Crippen LogP contribution in [0.3, 0.4) is 0 Å². The third-order valence-corrected chi connectivity index (χ3v) is 4.95. The third-order valence-electron chi connectivity index (χ3n) is 4.95. The van der Waals surface area contributed by atoms with Crippen molar-refractivity contribution in [2.75, 3.05) is 0 Å². The van der Waals surface area contributed by atoms with Crippen molar-refractivity contribution in [3.8, 4) is 11.4 Å². The first kappa shape index (κ1) is 27.1. The lowest BCUT2D eigenvalue weighted by Crippen LogP contribution is -1.88. The van der Waals surface area contributed by atoms with Crippen molar-refractivity contribution in [2.45, 2.75) is 34.6 Å². The number of carbonyl (C=O) groups is 1. The molecule has 0 aliphatic carbocycles. The second kappa shape index (κ2) is 14.9. The highest BCUT2D eigenvalue weighted by atomic mass is 16.1. The molecule has 0 bridgehead atoms. The molecule has 178 valence electrons. The van der Waals surface area contributed by atoms with E-state index in [4.69, 9.17) is 0 Å². The SMILES string of the molecule is C\C(C=O)=C/C=C/C(C)=C/C=C/C=C(C)/C=C/C=C(C)/C=C/c1ccnc(-c2cc(C)ccn2)c1. The van der Waals surface area contributed by atoms with Crippen LogP contribution < -0.4 is 0 Å². The highest BCUT2D eigenvalue weighted by molar-refractivity contribution is 5.72. The fraction of sp³-hybridized carbons (Fsp3) is 0.156. The standard InChI is InChI=1S/C32H34N2O/c1-25(10-6-7-11-26(2)13-9-15-29(5)24-35)12-8-14-27(3)16-17-30-19-21-34-32(23-30)31-22-28(4)18-20-33-31/h6-24H,1-5H3/b7-6+,12-8+,13-9+,17-16+,25-10+,26-11+,27-14+,29-15+. The molecule has 0 aliphatic heterocycles. The Balaban J connectivity index is 1.93. The van der Waals surface area contributed by atoms with Crippen LogP contribution in [0.15, 0.2) is 126 Å². The molecule has 0 spiro atoms. The predicted octanol–water partition coefficient (Wildman–Crippen LogP) is 8.12. The van der Waals surface area contributed by atoms with E-state index in [0.717, 1.165) is 40.0 Å². The molecule has 0 saturated heterocycles. The van der Waals surface area contributed by atoms with Crippen molar-refractivity contribution in [1.29, 1.82) is 0 Å². The summed E-state index contributed by atoms with van der Waals surface area (Å²) < 4.78 is 0. The lowest BCUT2D eigenvalue weighted by molar-refractivity contribution is -0.104. The fourth-order valence-electron chi connectivity index (χ4n) is 2.92. The lowest BCUT2D eigenvalue weighted by atomic mass is 10.1. The van der Waals surface area contributed by atoms with Crippen LogP contribution >= 0.6 is 0 Å². The van der Waals surface area contributed by atoms with E-state index in [0.29, 0.717) is 5.57 Å². The first-order chi connectivity index (χ1) is 16.9. The van der Waals surface area contributed by atoms with Gasteiger partial charge in [0.15, 0.2) is 0 Å². The molecule has 3 heteroatoms. The molecule has 35 heavy (non-hydrogen) atoms. The number of aldehydes is 1. The van der Waals surface area contributed by atoms with Gasteiger partial charge in [-0.1, -0.05) is 89.6 Å². The molecule has 2 aromatic heterocycles. The van der Waals surface area contributed by atoms with E-state index < -0.39 is 0 Å². The van der Waals surface area contributed by atoms with Crippen molar-refractivity contribution < 1.29 is 4.79 Å². The maximum Gasteiger partial charge on any atom is 0.145 e. The number of allylic oxidation sites excluding steroid dienone is 15. The van der Waals surface area contributed by atoms with Crippen LogP contribution in [0.2, 0.25) is 0 Å². The Morgan fingerprint density at radius 3 is 1.77 bits per heavy atom. The number of hydrogen-bond donors (Lipinski definition) is 0. The number of carbonyl (C=O) groups excluding carboxylic acids is 1. The van der Waals surface area contributed by atoms with Crippen LogP contribution in [0.25, 0.3) is 17.5 Å². The van der Waals surface area contributed by atoms with Gasteiger partial charge in [-0.2, -0.15) is 0 Å². The van der Waals surface area contributed by atoms with Gasteiger partial charge in [0, 0.05) is 12.4 Å². The van der Waals surface area contributed by atoms with Crippen LogP contribution in [-0.4, -0.2) is 16.3 Å². The van der Waals surface area contributed by atoms with Gasteiger partial charge in [0.2, 0.25) is 0 Å². The zero-order valence-electron chi connectivity index (χ0n) is 21.3. The minimum absolute atomic E-state index is 0.705. The molecule has 0 N–H and O–H groups in total. The Morgan fingerprint density at radius 2 is 1.17 bits per heavy atom. The average molecular weight is 463 g/mol. The normalized spacial score (nSPS) is 14.2. The van der Waals surface area contributed by atoms with Crippen LogP contribution in [-0.2, 0) is 4.79 Å². The van der Waals surface area contributed by atoms with Crippen LogP contribution in [0, 0.1) is 6.92 Å². The quantitative estimate of drug-likeness (QED) is 0.203. The van der Waals surface area contributed by atoms with Gasteiger partial charge in [0.05, 0.1) is 11.4 Å². The van der Waals surface area contributed by atoms with Crippen molar-refractivity contribution in [3.05, 3.63) is 137 Å². The Morgan fingerprint density at radius 1 is 0.657 bits per heavy atom. The van der Waals surface area contributed by atoms with Gasteiger partial charge in [-0.05, 0) is 75.6 Å². The summed E-state index contributed by atoms with van der Waals surface area (Å²) in [6.07, 6.45) is 28.7. The third kappa shape index (κ3) is 11.0. The van der Waals surface area contributed by atoms with E-state index in [9.17, 15) is 4.79 Å². The van der Waals surface area contributed by atoms with E-state index in [1.165, 1.54) is 5.56 Å². The molecular weight excluding hydrogens is 428 g/mol. The molecule has 0 saturated carbocycles. The van der Waals surface area contributed by atoms with E-state index in [-0.39, 0.29) is 0 Å². The molecule has 2 rings (SSSR count). The fourth-order valence-corrected chi connectivity index (χ4v) is 2.92. The first-order valence-corrected chi connectivity index (χ1v) is 11.6. The highest BCUT2D eigenvalue weighted by Gasteiger charge is 2.01. The second-order valence-corrected chi connectivity index (χ2v) is 8.39. The summed E-state index contributed by atoms with van der Waals surface area (Å²) in [5.74, 6) is 0. The summed E-state index contributed by atoms with van der Waals surface area (Å²) in [5, 5.41) is 0. The molecule has 2 aromatic rings. The number of pyridine rings is 2. The Kier molecular flexibility index (Phi) is 11.6. The second-order valence-electron chi connectivity index (χ2n) is 8.39. The molecule has 3 nitrogen and oxygen atoms in total. The summed E-state index contributed by atoms with van der Waals surface area (Å²) >= 11 is 0. The molecule has 0 amide bonds. The van der Waals surface area contributed by atoms with Gasteiger partial charge in [0.25, 0.3) is 0 Å². The number of aryl methyl sites for hydroxylation is 1. The number of rotatable bonds is 10. The summed E-state index contributed by atoms with van der Waals surface area (Å²) in [5.41, 5.74) is 8.14. The van der Waals surface area contributed by atoms with E-state index in [1.807, 2.05) is 67.9 Å².